The highest BCUT2D eigenvalue weighted by Gasteiger charge is 2.29. The van der Waals surface area contributed by atoms with E-state index in [2.05, 4.69) is 4.90 Å². The monoisotopic (exact) mass is 417 g/mol. The third-order valence-electron chi connectivity index (χ3n) is 3.93. The van der Waals surface area contributed by atoms with E-state index in [-0.39, 0.29) is 43.7 Å². The molecule has 0 aliphatic carbocycles. The molecule has 0 heterocycles. The lowest BCUT2D eigenvalue weighted by molar-refractivity contribution is -0.145. The van der Waals surface area contributed by atoms with Crippen LogP contribution in [-0.2, 0) is 11.2 Å². The van der Waals surface area contributed by atoms with Gasteiger partial charge in [0.1, 0.15) is 0 Å². The molecule has 0 radical (unpaired) electrons. The molecule has 1 amide bonds. The molecule has 1 aromatic rings. The number of benzene rings is 1. The zero-order valence-corrected chi connectivity index (χ0v) is 16.7. The minimum absolute atomic E-state index is 0. The van der Waals surface area contributed by atoms with Crippen LogP contribution < -0.4 is 5.73 Å². The van der Waals surface area contributed by atoms with Crippen LogP contribution in [0.15, 0.2) is 24.3 Å². The van der Waals surface area contributed by atoms with Gasteiger partial charge in [-0.15, -0.1) is 24.8 Å². The van der Waals surface area contributed by atoms with Crippen molar-refractivity contribution in [3.8, 4) is 0 Å². The van der Waals surface area contributed by atoms with Crippen molar-refractivity contribution in [2.45, 2.75) is 32.9 Å². The van der Waals surface area contributed by atoms with Crippen molar-refractivity contribution < 1.29 is 18.0 Å². The minimum Gasteiger partial charge on any atom is -0.399 e. The predicted octanol–water partition coefficient (Wildman–Crippen LogP) is 3.78. The van der Waals surface area contributed by atoms with E-state index in [1.54, 1.807) is 24.3 Å². The van der Waals surface area contributed by atoms with E-state index in [4.69, 9.17) is 5.73 Å². The van der Waals surface area contributed by atoms with Crippen LogP contribution in [0.3, 0.4) is 0 Å². The van der Waals surface area contributed by atoms with Gasteiger partial charge < -0.3 is 15.5 Å². The van der Waals surface area contributed by atoms with Crippen LogP contribution in [0.2, 0.25) is 0 Å². The number of halogens is 5. The van der Waals surface area contributed by atoms with Crippen LogP contribution in [-0.4, -0.2) is 54.6 Å². The number of carbonyl (C=O) groups is 1. The standard InChI is InChI=1S/C17H26F3N3O.2ClH/c1-3-22(4-2)11-12-23(10-9-17(18,19)20)16(24)13-14-5-7-15(21)8-6-14;;/h5-8H,3-4,9-13,21H2,1-2H3;2*1H. The van der Waals surface area contributed by atoms with Crippen molar-refractivity contribution in [2.24, 2.45) is 0 Å². The lowest BCUT2D eigenvalue weighted by Crippen LogP contribution is -2.41. The van der Waals surface area contributed by atoms with Crippen LogP contribution in [0, 0.1) is 0 Å². The molecule has 0 saturated carbocycles. The maximum absolute atomic E-state index is 12.5. The fraction of sp³-hybridized carbons (Fsp3) is 0.588. The zero-order chi connectivity index (χ0) is 18.2. The zero-order valence-electron chi connectivity index (χ0n) is 15.1. The van der Waals surface area contributed by atoms with Crippen molar-refractivity contribution in [3.63, 3.8) is 0 Å². The van der Waals surface area contributed by atoms with E-state index >= 15 is 0 Å². The minimum atomic E-state index is -4.27. The number of hydrogen-bond acceptors (Lipinski definition) is 3. The Morgan fingerprint density at radius 3 is 2.00 bits per heavy atom. The SMILES string of the molecule is CCN(CC)CCN(CCC(F)(F)F)C(=O)Cc1ccc(N)cc1.Cl.Cl. The van der Waals surface area contributed by atoms with Crippen LogP contribution in [0.1, 0.15) is 25.8 Å². The van der Waals surface area contributed by atoms with Gasteiger partial charge in [0, 0.05) is 25.3 Å². The van der Waals surface area contributed by atoms with Gasteiger partial charge in [0.2, 0.25) is 5.91 Å². The molecule has 152 valence electrons. The normalized spacial score (nSPS) is 10.8. The Kier molecular flexibility index (Phi) is 13.6. The van der Waals surface area contributed by atoms with Gasteiger partial charge in [0.15, 0.2) is 0 Å². The number of rotatable bonds is 9. The van der Waals surface area contributed by atoms with Gasteiger partial charge in [-0.1, -0.05) is 26.0 Å². The van der Waals surface area contributed by atoms with E-state index in [9.17, 15) is 18.0 Å². The molecule has 0 fully saturated rings. The van der Waals surface area contributed by atoms with Gasteiger partial charge in [0.25, 0.3) is 0 Å². The number of hydrogen-bond donors (Lipinski definition) is 1. The van der Waals surface area contributed by atoms with Gasteiger partial charge in [0.05, 0.1) is 12.8 Å². The van der Waals surface area contributed by atoms with E-state index in [1.807, 2.05) is 13.8 Å². The molecule has 26 heavy (non-hydrogen) atoms. The fourth-order valence-electron chi connectivity index (χ4n) is 2.35. The number of nitrogens with zero attached hydrogens (tertiary/aromatic N) is 2. The molecular weight excluding hydrogens is 390 g/mol. The number of likely N-dealkylation sites (N-methyl/N-ethyl adjacent to an activating group) is 1. The summed E-state index contributed by atoms with van der Waals surface area (Å²) < 4.78 is 37.6. The molecule has 0 saturated heterocycles. The molecule has 1 aromatic carbocycles. The topological polar surface area (TPSA) is 49.6 Å². The first kappa shape index (κ1) is 27.0. The number of alkyl halides is 3. The lowest BCUT2D eigenvalue weighted by Gasteiger charge is -2.27. The second-order valence-corrected chi connectivity index (χ2v) is 5.69. The van der Waals surface area contributed by atoms with Gasteiger partial charge in [-0.25, -0.2) is 0 Å². The van der Waals surface area contributed by atoms with Crippen molar-refractivity contribution in [3.05, 3.63) is 29.8 Å². The van der Waals surface area contributed by atoms with E-state index in [0.717, 1.165) is 18.7 Å². The Labute approximate surface area is 165 Å². The smallest absolute Gasteiger partial charge is 0.390 e. The largest absolute Gasteiger partial charge is 0.399 e. The maximum Gasteiger partial charge on any atom is 0.390 e. The molecule has 0 atom stereocenters. The summed E-state index contributed by atoms with van der Waals surface area (Å²) in [6, 6.07) is 6.80. The first-order valence-electron chi connectivity index (χ1n) is 8.16. The Hall–Kier alpha value is -1.18. The fourth-order valence-corrected chi connectivity index (χ4v) is 2.35. The van der Waals surface area contributed by atoms with Crippen LogP contribution in [0.5, 0.6) is 0 Å². The van der Waals surface area contributed by atoms with E-state index < -0.39 is 12.6 Å². The molecule has 0 aliphatic heterocycles. The molecule has 0 bridgehead atoms. The van der Waals surface area contributed by atoms with Gasteiger partial charge in [-0.05, 0) is 30.8 Å². The van der Waals surface area contributed by atoms with Crippen molar-refractivity contribution >= 4 is 36.4 Å². The number of carbonyl (C=O) groups excluding carboxylic acids is 1. The van der Waals surface area contributed by atoms with Crippen molar-refractivity contribution in [1.82, 2.24) is 9.80 Å². The molecule has 9 heteroatoms. The Morgan fingerprint density at radius 2 is 1.54 bits per heavy atom. The highest BCUT2D eigenvalue weighted by atomic mass is 35.5. The van der Waals surface area contributed by atoms with Gasteiger partial charge in [-0.2, -0.15) is 13.2 Å². The van der Waals surface area contributed by atoms with Crippen molar-refractivity contribution in [2.75, 3.05) is 38.5 Å². The molecule has 4 nitrogen and oxygen atoms in total. The second-order valence-electron chi connectivity index (χ2n) is 5.69. The molecular formula is C17H28Cl2F3N3O. The predicted molar refractivity (Wildman–Crippen MR) is 104 cm³/mol. The third-order valence-corrected chi connectivity index (χ3v) is 3.93. The van der Waals surface area contributed by atoms with Gasteiger partial charge >= 0.3 is 6.18 Å². The summed E-state index contributed by atoms with van der Waals surface area (Å²) >= 11 is 0. The molecule has 0 spiro atoms. The molecule has 2 N–H and O–H groups in total. The summed E-state index contributed by atoms with van der Waals surface area (Å²) in [6.07, 6.45) is -5.18. The average molecular weight is 418 g/mol. The second kappa shape index (κ2) is 13.1. The van der Waals surface area contributed by atoms with Crippen molar-refractivity contribution in [1.29, 1.82) is 0 Å². The third kappa shape index (κ3) is 10.7. The van der Waals surface area contributed by atoms with E-state index in [0.29, 0.717) is 18.8 Å². The molecule has 0 aromatic heterocycles. The lowest BCUT2D eigenvalue weighted by atomic mass is 10.1. The first-order chi connectivity index (χ1) is 11.2. The summed E-state index contributed by atoms with van der Waals surface area (Å²) in [6.45, 7) is 6.13. The molecule has 1 rings (SSSR count). The Balaban J connectivity index is 0. The highest BCUT2D eigenvalue weighted by Crippen LogP contribution is 2.20. The van der Waals surface area contributed by atoms with E-state index in [1.165, 1.54) is 4.90 Å². The average Bonchev–Trinajstić information content (AvgIpc) is 2.52. The number of nitrogens with two attached hydrogens (primary N) is 1. The summed E-state index contributed by atoms with van der Waals surface area (Å²) in [5.74, 6) is -0.295. The highest BCUT2D eigenvalue weighted by molar-refractivity contribution is 5.85. The number of anilines is 1. The Morgan fingerprint density at radius 1 is 1.00 bits per heavy atom. The first-order valence-corrected chi connectivity index (χ1v) is 8.16. The summed E-state index contributed by atoms with van der Waals surface area (Å²) in [5.41, 5.74) is 6.93. The summed E-state index contributed by atoms with van der Waals surface area (Å²) in [7, 11) is 0. The molecule has 0 aliphatic rings. The molecule has 0 unspecified atom stereocenters. The summed E-state index contributed by atoms with van der Waals surface area (Å²) in [5, 5.41) is 0. The van der Waals surface area contributed by atoms with Crippen LogP contribution >= 0.6 is 24.8 Å². The van der Waals surface area contributed by atoms with Gasteiger partial charge in [-0.3, -0.25) is 4.79 Å². The number of nitrogen functional groups attached to an aromatic ring is 1. The van der Waals surface area contributed by atoms with Crippen LogP contribution in [0.4, 0.5) is 18.9 Å². The maximum atomic E-state index is 12.5. The number of amides is 1. The Bertz CT molecular complexity index is 509. The quantitative estimate of drug-likeness (QED) is 0.621. The van der Waals surface area contributed by atoms with Crippen LogP contribution in [0.25, 0.3) is 0 Å². The summed E-state index contributed by atoms with van der Waals surface area (Å²) in [4.78, 5) is 15.8.